The molecule has 6 nitrogen and oxygen atoms in total. The van der Waals surface area contributed by atoms with Gasteiger partial charge in [0.25, 0.3) is 0 Å². The van der Waals surface area contributed by atoms with E-state index in [1.807, 2.05) is 29.5 Å². The van der Waals surface area contributed by atoms with E-state index in [-0.39, 0.29) is 12.1 Å². The summed E-state index contributed by atoms with van der Waals surface area (Å²) in [4.78, 5) is 17.7. The molecule has 2 aliphatic carbocycles. The van der Waals surface area contributed by atoms with Crippen LogP contribution < -0.4 is 14.2 Å². The molecular formula is C30H35NO5S. The van der Waals surface area contributed by atoms with Crippen molar-refractivity contribution in [2.75, 3.05) is 19.8 Å². The third-order valence-corrected chi connectivity index (χ3v) is 7.96. The summed E-state index contributed by atoms with van der Waals surface area (Å²) in [5.74, 6) is 2.13. The molecule has 0 fully saturated rings. The number of benzene rings is 2. The van der Waals surface area contributed by atoms with Crippen LogP contribution in [-0.2, 0) is 28.8 Å². The Bertz CT molecular complexity index is 1210. The molecule has 196 valence electrons. The van der Waals surface area contributed by atoms with E-state index in [4.69, 9.17) is 23.9 Å². The van der Waals surface area contributed by atoms with Crippen LogP contribution in [0.2, 0.25) is 0 Å². The minimum Gasteiger partial charge on any atom is -0.493 e. The van der Waals surface area contributed by atoms with E-state index in [1.165, 1.54) is 35.9 Å². The van der Waals surface area contributed by atoms with Gasteiger partial charge in [0.05, 0.1) is 25.5 Å². The van der Waals surface area contributed by atoms with Crippen molar-refractivity contribution in [1.29, 1.82) is 0 Å². The molecule has 2 aromatic carbocycles. The van der Waals surface area contributed by atoms with Crippen molar-refractivity contribution in [2.24, 2.45) is 0 Å². The summed E-state index contributed by atoms with van der Waals surface area (Å²) in [5.41, 5.74) is 4.65. The Hall–Kier alpha value is -3.06. The highest BCUT2D eigenvalue weighted by atomic mass is 32.1. The Kier molecular flexibility index (Phi) is 8.29. The monoisotopic (exact) mass is 521 g/mol. The number of aryl methyl sites for hydroxylation is 3. The van der Waals surface area contributed by atoms with E-state index in [2.05, 4.69) is 25.1 Å². The van der Waals surface area contributed by atoms with Gasteiger partial charge in [-0.25, -0.2) is 4.98 Å². The highest BCUT2D eigenvalue weighted by Crippen LogP contribution is 2.38. The normalized spacial score (nSPS) is 16.1. The Morgan fingerprint density at radius 2 is 1.81 bits per heavy atom. The summed E-state index contributed by atoms with van der Waals surface area (Å²) < 4.78 is 23.5. The minimum absolute atomic E-state index is 0.133. The van der Waals surface area contributed by atoms with Crippen LogP contribution in [0.15, 0.2) is 36.4 Å². The molecule has 0 unspecified atom stereocenters. The van der Waals surface area contributed by atoms with Gasteiger partial charge < -0.3 is 18.9 Å². The number of esters is 1. The van der Waals surface area contributed by atoms with Gasteiger partial charge in [0.1, 0.15) is 16.9 Å². The van der Waals surface area contributed by atoms with E-state index in [0.717, 1.165) is 71.9 Å². The van der Waals surface area contributed by atoms with Crippen LogP contribution in [0, 0.1) is 0 Å². The smallest absolute Gasteiger partial charge is 0.303 e. The molecule has 0 saturated carbocycles. The number of hydrogen-bond acceptors (Lipinski definition) is 7. The predicted molar refractivity (Wildman–Crippen MR) is 145 cm³/mol. The summed E-state index contributed by atoms with van der Waals surface area (Å²) in [6, 6.07) is 12.2. The Labute approximate surface area is 222 Å². The first-order chi connectivity index (χ1) is 18.1. The lowest BCUT2D eigenvalue weighted by Gasteiger charge is -2.14. The summed E-state index contributed by atoms with van der Waals surface area (Å²) in [6.07, 6.45) is 8.02. The predicted octanol–water partition coefficient (Wildman–Crippen LogP) is 6.88. The van der Waals surface area contributed by atoms with Crippen molar-refractivity contribution in [2.45, 2.75) is 71.3 Å². The minimum atomic E-state index is -0.238. The average molecular weight is 522 g/mol. The number of aromatic nitrogens is 1. The molecule has 0 spiro atoms. The quantitative estimate of drug-likeness (QED) is 0.202. The largest absolute Gasteiger partial charge is 0.493 e. The number of carbonyl (C=O) groups excluding carboxylic acids is 1. The topological polar surface area (TPSA) is 66.9 Å². The van der Waals surface area contributed by atoms with Crippen LogP contribution in [0.1, 0.15) is 73.8 Å². The van der Waals surface area contributed by atoms with Crippen LogP contribution in [0.25, 0.3) is 10.6 Å². The van der Waals surface area contributed by atoms with E-state index in [9.17, 15) is 4.79 Å². The van der Waals surface area contributed by atoms with Crippen molar-refractivity contribution in [3.63, 3.8) is 0 Å². The zero-order valence-electron chi connectivity index (χ0n) is 21.7. The second-order valence-electron chi connectivity index (χ2n) is 9.65. The third-order valence-electron chi connectivity index (χ3n) is 6.76. The Balaban J connectivity index is 1.15. The van der Waals surface area contributed by atoms with Gasteiger partial charge in [-0.2, -0.15) is 0 Å². The van der Waals surface area contributed by atoms with Crippen LogP contribution in [0.4, 0.5) is 0 Å². The molecule has 0 radical (unpaired) electrons. The standard InChI is InChI=1S/C30H35NO5S/c1-3-15-34-28-19-22(30-31-25-7-4-5-8-29(25)37-30)10-14-27(28)35-17-6-16-33-23-11-12-24-21(18-23)9-13-26(24)36-20(2)32/h10-12,14,18-19,26H,3-9,13,15-17H2,1-2H3/t26-/m0/s1. The second kappa shape index (κ2) is 12.0. The molecule has 37 heavy (non-hydrogen) atoms. The molecule has 1 aromatic heterocycles. The SMILES string of the molecule is CCCOc1cc(-c2nc3c(s2)CCCC3)ccc1OCCCOc1ccc2c(c1)CC[C@@H]2OC(C)=O. The molecule has 0 aliphatic heterocycles. The first-order valence-corrected chi connectivity index (χ1v) is 14.2. The zero-order valence-corrected chi connectivity index (χ0v) is 22.5. The molecule has 0 amide bonds. The van der Waals surface area contributed by atoms with Crippen LogP contribution in [0.5, 0.6) is 17.2 Å². The second-order valence-corrected chi connectivity index (χ2v) is 10.7. The first kappa shape index (κ1) is 25.6. The van der Waals surface area contributed by atoms with Crippen molar-refractivity contribution >= 4 is 17.3 Å². The lowest BCUT2D eigenvalue weighted by Crippen LogP contribution is -2.07. The van der Waals surface area contributed by atoms with Gasteiger partial charge in [0.2, 0.25) is 0 Å². The van der Waals surface area contributed by atoms with Crippen molar-refractivity contribution in [3.05, 3.63) is 58.1 Å². The van der Waals surface area contributed by atoms with Crippen LogP contribution in [0.3, 0.4) is 0 Å². The summed E-state index contributed by atoms with van der Waals surface area (Å²) in [5, 5.41) is 1.07. The Morgan fingerprint density at radius 1 is 0.973 bits per heavy atom. The molecule has 1 heterocycles. The Morgan fingerprint density at radius 3 is 2.65 bits per heavy atom. The van der Waals surface area contributed by atoms with Gasteiger partial charge in [0, 0.05) is 23.8 Å². The lowest BCUT2D eigenvalue weighted by molar-refractivity contribution is -0.146. The average Bonchev–Trinajstić information content (AvgIpc) is 3.51. The highest BCUT2D eigenvalue weighted by Gasteiger charge is 2.25. The maximum atomic E-state index is 11.3. The number of nitrogens with zero attached hydrogens (tertiary/aromatic N) is 1. The fourth-order valence-corrected chi connectivity index (χ4v) is 6.11. The van der Waals surface area contributed by atoms with Gasteiger partial charge >= 0.3 is 5.97 Å². The maximum Gasteiger partial charge on any atom is 0.303 e. The molecule has 3 aromatic rings. The highest BCUT2D eigenvalue weighted by molar-refractivity contribution is 7.15. The van der Waals surface area contributed by atoms with Crippen LogP contribution >= 0.6 is 11.3 Å². The zero-order chi connectivity index (χ0) is 25.6. The van der Waals surface area contributed by atoms with Gasteiger partial charge in [-0.15, -0.1) is 11.3 Å². The number of hydrogen-bond donors (Lipinski definition) is 0. The summed E-state index contributed by atoms with van der Waals surface area (Å²) >= 11 is 1.81. The van der Waals surface area contributed by atoms with Gasteiger partial charge in [-0.05, 0) is 86.4 Å². The number of carbonyl (C=O) groups is 1. The fourth-order valence-electron chi connectivity index (χ4n) is 4.96. The van der Waals surface area contributed by atoms with Gasteiger partial charge in [0.15, 0.2) is 11.5 Å². The van der Waals surface area contributed by atoms with Crippen molar-refractivity contribution in [3.8, 4) is 27.8 Å². The van der Waals surface area contributed by atoms with Crippen molar-refractivity contribution in [1.82, 2.24) is 4.98 Å². The number of rotatable bonds is 11. The summed E-state index contributed by atoms with van der Waals surface area (Å²) in [7, 11) is 0. The van der Waals surface area contributed by atoms with E-state index in [1.54, 1.807) is 0 Å². The first-order valence-electron chi connectivity index (χ1n) is 13.4. The van der Waals surface area contributed by atoms with Gasteiger partial charge in [-0.1, -0.05) is 13.0 Å². The number of thiazole rings is 1. The van der Waals surface area contributed by atoms with E-state index < -0.39 is 0 Å². The fraction of sp³-hybridized carbons (Fsp3) is 0.467. The number of ether oxygens (including phenoxy) is 4. The molecule has 2 aliphatic rings. The third kappa shape index (κ3) is 6.27. The maximum absolute atomic E-state index is 11.3. The molecule has 0 bridgehead atoms. The van der Waals surface area contributed by atoms with Crippen molar-refractivity contribution < 1.29 is 23.7 Å². The van der Waals surface area contributed by atoms with E-state index >= 15 is 0 Å². The lowest BCUT2D eigenvalue weighted by atomic mass is 10.0. The van der Waals surface area contributed by atoms with Crippen LogP contribution in [-0.4, -0.2) is 30.8 Å². The molecule has 7 heteroatoms. The summed E-state index contributed by atoms with van der Waals surface area (Å²) in [6.45, 7) is 5.30. The molecule has 5 rings (SSSR count). The molecule has 0 N–H and O–H groups in total. The molecule has 0 saturated heterocycles. The molecular weight excluding hydrogens is 486 g/mol. The van der Waals surface area contributed by atoms with E-state index in [0.29, 0.717) is 19.8 Å². The number of fused-ring (bicyclic) bond motifs is 2. The van der Waals surface area contributed by atoms with Gasteiger partial charge in [-0.3, -0.25) is 4.79 Å². The molecule has 1 atom stereocenters.